The van der Waals surface area contributed by atoms with Crippen molar-refractivity contribution >= 4 is 16.9 Å². The van der Waals surface area contributed by atoms with Crippen LogP contribution < -0.4 is 5.32 Å². The lowest BCUT2D eigenvalue weighted by Gasteiger charge is -2.24. The normalized spacial score (nSPS) is 21.8. The molecule has 5 rings (SSSR count). The van der Waals surface area contributed by atoms with E-state index < -0.39 is 12.2 Å². The van der Waals surface area contributed by atoms with Crippen molar-refractivity contribution in [3.05, 3.63) is 47.2 Å². The van der Waals surface area contributed by atoms with Gasteiger partial charge in [0.05, 0.1) is 5.39 Å². The van der Waals surface area contributed by atoms with Gasteiger partial charge in [-0.1, -0.05) is 6.07 Å². The quantitative estimate of drug-likeness (QED) is 0.581. The highest BCUT2D eigenvalue weighted by Gasteiger charge is 2.39. The van der Waals surface area contributed by atoms with Crippen LogP contribution in [0.1, 0.15) is 68.0 Å². The molecule has 170 valence electrons. The Hall–Kier alpha value is -2.65. The van der Waals surface area contributed by atoms with Gasteiger partial charge < -0.3 is 14.8 Å². The number of nitrogens with one attached hydrogen (secondary N) is 1. The highest BCUT2D eigenvalue weighted by molar-refractivity contribution is 5.90. The number of halogens is 2. The topological polar surface area (TPSA) is 87.3 Å². The zero-order valence-electron chi connectivity index (χ0n) is 18.4. The Morgan fingerprint density at radius 3 is 2.81 bits per heavy atom. The Morgan fingerprint density at radius 1 is 1.31 bits per heavy atom. The fraction of sp³-hybridized carbons (Fsp3) is 0.522. The minimum absolute atomic E-state index is 0.00540. The van der Waals surface area contributed by atoms with E-state index in [1.165, 1.54) is 12.4 Å². The van der Waals surface area contributed by atoms with Crippen LogP contribution in [0.2, 0.25) is 0 Å². The number of aromatic nitrogens is 3. The first-order valence-corrected chi connectivity index (χ1v) is 10.9. The van der Waals surface area contributed by atoms with E-state index in [0.717, 1.165) is 26.2 Å². The molecule has 7 nitrogen and oxygen atoms in total. The van der Waals surface area contributed by atoms with Crippen LogP contribution in [0.4, 0.5) is 14.6 Å². The molecule has 1 saturated carbocycles. The van der Waals surface area contributed by atoms with Crippen LogP contribution in [0.3, 0.4) is 0 Å². The largest absolute Gasteiger partial charge is 0.442 e. The summed E-state index contributed by atoms with van der Waals surface area (Å²) < 4.78 is 33.3. The standard InChI is InChI=1S/C23H27F2N5O2/c1-13-17(18-19(29-22(2)8-9-22)26-12-27-20(18)32-13)21(31)30-10-7-14(11-30)15-5-4-6-16(28-15)23(3,24)25/h4-6,12,14,21,31H,7-11H2,1-3H3,(H,26,27,29). The van der Waals surface area contributed by atoms with E-state index in [1.807, 2.05) is 11.8 Å². The second kappa shape index (κ2) is 7.45. The fourth-order valence-corrected chi connectivity index (χ4v) is 4.43. The molecule has 9 heteroatoms. The third kappa shape index (κ3) is 3.84. The van der Waals surface area contributed by atoms with E-state index in [9.17, 15) is 13.9 Å². The summed E-state index contributed by atoms with van der Waals surface area (Å²) in [5.41, 5.74) is 1.49. The van der Waals surface area contributed by atoms with E-state index in [2.05, 4.69) is 27.2 Å². The highest BCUT2D eigenvalue weighted by Crippen LogP contribution is 2.42. The first kappa shape index (κ1) is 21.2. The first-order valence-electron chi connectivity index (χ1n) is 10.9. The average molecular weight is 443 g/mol. The van der Waals surface area contributed by atoms with E-state index in [4.69, 9.17) is 4.42 Å². The molecule has 2 atom stereocenters. The maximum absolute atomic E-state index is 13.7. The summed E-state index contributed by atoms with van der Waals surface area (Å²) in [7, 11) is 0. The minimum Gasteiger partial charge on any atom is -0.442 e. The van der Waals surface area contributed by atoms with Crippen molar-refractivity contribution in [1.82, 2.24) is 19.9 Å². The molecule has 0 radical (unpaired) electrons. The van der Waals surface area contributed by atoms with Crippen molar-refractivity contribution in [2.45, 2.75) is 63.6 Å². The van der Waals surface area contributed by atoms with E-state index in [-0.39, 0.29) is 17.2 Å². The molecule has 1 saturated heterocycles. The van der Waals surface area contributed by atoms with Crippen molar-refractivity contribution in [2.75, 3.05) is 18.4 Å². The lowest BCUT2D eigenvalue weighted by atomic mass is 10.0. The Kier molecular flexibility index (Phi) is 4.94. The molecule has 3 aromatic rings. The van der Waals surface area contributed by atoms with Crippen molar-refractivity contribution in [3.8, 4) is 0 Å². The van der Waals surface area contributed by atoms with Crippen molar-refractivity contribution in [2.24, 2.45) is 0 Å². The molecular weight excluding hydrogens is 416 g/mol. The van der Waals surface area contributed by atoms with Crippen molar-refractivity contribution in [3.63, 3.8) is 0 Å². The monoisotopic (exact) mass is 443 g/mol. The summed E-state index contributed by atoms with van der Waals surface area (Å²) in [6.45, 7) is 5.92. The summed E-state index contributed by atoms with van der Waals surface area (Å²) in [6, 6.07) is 4.75. The molecule has 4 heterocycles. The molecule has 32 heavy (non-hydrogen) atoms. The molecule has 0 amide bonds. The number of furan rings is 1. The van der Waals surface area contributed by atoms with Gasteiger partial charge in [-0.2, -0.15) is 8.78 Å². The van der Waals surface area contributed by atoms with Gasteiger partial charge >= 0.3 is 0 Å². The molecule has 1 aliphatic heterocycles. The summed E-state index contributed by atoms with van der Waals surface area (Å²) >= 11 is 0. The average Bonchev–Trinajstić information content (AvgIpc) is 3.15. The first-order chi connectivity index (χ1) is 15.1. The van der Waals surface area contributed by atoms with Crippen LogP contribution in [-0.2, 0) is 5.92 Å². The lowest BCUT2D eigenvalue weighted by molar-refractivity contribution is 0.0120. The fourth-order valence-electron chi connectivity index (χ4n) is 4.43. The van der Waals surface area contributed by atoms with Crippen LogP contribution >= 0.6 is 0 Å². The molecule has 2 N–H and O–H groups in total. The van der Waals surface area contributed by atoms with Gasteiger partial charge in [0.15, 0.2) is 0 Å². The second-order valence-corrected chi connectivity index (χ2v) is 9.35. The zero-order chi connectivity index (χ0) is 22.7. The number of likely N-dealkylation sites (tertiary alicyclic amines) is 1. The van der Waals surface area contributed by atoms with E-state index in [1.54, 1.807) is 12.1 Å². The van der Waals surface area contributed by atoms with Gasteiger partial charge in [-0.15, -0.1) is 0 Å². The molecule has 1 aliphatic carbocycles. The molecule has 3 aromatic heterocycles. The molecule has 2 fully saturated rings. The third-order valence-corrected chi connectivity index (χ3v) is 6.59. The van der Waals surface area contributed by atoms with Gasteiger partial charge in [-0.05, 0) is 45.2 Å². The number of fused-ring (bicyclic) bond motifs is 1. The van der Waals surface area contributed by atoms with Crippen molar-refractivity contribution < 1.29 is 18.3 Å². The number of anilines is 1. The van der Waals surface area contributed by atoms with Crippen LogP contribution in [0.15, 0.2) is 28.9 Å². The number of aryl methyl sites for hydroxylation is 1. The van der Waals surface area contributed by atoms with Gasteiger partial charge in [-0.25, -0.2) is 9.97 Å². The summed E-state index contributed by atoms with van der Waals surface area (Å²) in [6.07, 6.45) is 3.38. The van der Waals surface area contributed by atoms with Crippen LogP contribution in [0.5, 0.6) is 0 Å². The van der Waals surface area contributed by atoms with Crippen LogP contribution in [-0.4, -0.2) is 43.6 Å². The van der Waals surface area contributed by atoms with E-state index >= 15 is 0 Å². The molecule has 2 aliphatic rings. The van der Waals surface area contributed by atoms with Gasteiger partial charge in [-0.3, -0.25) is 9.88 Å². The maximum atomic E-state index is 13.7. The Balaban J connectivity index is 1.42. The number of hydrogen-bond donors (Lipinski definition) is 2. The Bertz CT molecular complexity index is 1150. The molecular formula is C23H27F2N5O2. The summed E-state index contributed by atoms with van der Waals surface area (Å²) in [5.74, 6) is -1.77. The second-order valence-electron chi connectivity index (χ2n) is 9.35. The number of pyridine rings is 1. The molecule has 2 unspecified atom stereocenters. The number of aliphatic hydroxyl groups excluding tert-OH is 1. The van der Waals surface area contributed by atoms with Crippen LogP contribution in [0, 0.1) is 6.92 Å². The number of rotatable bonds is 6. The van der Waals surface area contributed by atoms with Gasteiger partial charge in [0.25, 0.3) is 5.92 Å². The summed E-state index contributed by atoms with van der Waals surface area (Å²) in [4.78, 5) is 14.8. The predicted octanol–water partition coefficient (Wildman–Crippen LogP) is 4.48. The van der Waals surface area contributed by atoms with Crippen LogP contribution in [0.25, 0.3) is 11.1 Å². The Labute approximate surface area is 184 Å². The van der Waals surface area contributed by atoms with Crippen molar-refractivity contribution in [1.29, 1.82) is 0 Å². The number of alkyl halides is 2. The number of nitrogens with zero attached hydrogens (tertiary/aromatic N) is 4. The van der Waals surface area contributed by atoms with Gasteiger partial charge in [0, 0.05) is 42.7 Å². The highest BCUT2D eigenvalue weighted by atomic mass is 19.3. The minimum atomic E-state index is -2.98. The molecule has 0 aromatic carbocycles. The van der Waals surface area contributed by atoms with Gasteiger partial charge in [0.2, 0.25) is 5.71 Å². The smallest absolute Gasteiger partial charge is 0.286 e. The predicted molar refractivity (Wildman–Crippen MR) is 115 cm³/mol. The molecule has 0 bridgehead atoms. The maximum Gasteiger partial charge on any atom is 0.286 e. The number of hydrogen-bond acceptors (Lipinski definition) is 7. The summed E-state index contributed by atoms with van der Waals surface area (Å²) in [5, 5.41) is 15.5. The zero-order valence-corrected chi connectivity index (χ0v) is 18.4. The Morgan fingerprint density at radius 2 is 2.09 bits per heavy atom. The third-order valence-electron chi connectivity index (χ3n) is 6.59. The van der Waals surface area contributed by atoms with E-state index in [0.29, 0.717) is 47.0 Å². The SMILES string of the molecule is Cc1oc2ncnc(NC3(C)CC3)c2c1C(O)N1CCC(c2cccc(C(C)(F)F)n2)C1. The van der Waals surface area contributed by atoms with Gasteiger partial charge in [0.1, 0.15) is 29.8 Å². The molecule has 0 spiro atoms. The number of aliphatic hydroxyl groups is 1. The lowest BCUT2D eigenvalue weighted by Crippen LogP contribution is -2.27.